The first kappa shape index (κ1) is 19.5. The summed E-state index contributed by atoms with van der Waals surface area (Å²) in [6, 6.07) is 10.8. The molecule has 0 aliphatic carbocycles. The fourth-order valence-corrected chi connectivity index (χ4v) is 4.06. The summed E-state index contributed by atoms with van der Waals surface area (Å²) in [6.45, 7) is 10.4. The maximum absolute atomic E-state index is 12.8. The Morgan fingerprint density at radius 2 is 1.96 bits per heavy atom. The Morgan fingerprint density at radius 3 is 2.63 bits per heavy atom. The highest BCUT2D eigenvalue weighted by molar-refractivity contribution is 5.93. The van der Waals surface area contributed by atoms with Gasteiger partial charge in [0.25, 0.3) is 5.91 Å². The van der Waals surface area contributed by atoms with Crippen LogP contribution in [0, 0.1) is 6.92 Å². The van der Waals surface area contributed by atoms with Crippen molar-refractivity contribution >= 4 is 5.91 Å². The van der Waals surface area contributed by atoms with Crippen molar-refractivity contribution < 1.29 is 4.79 Å². The second-order valence-electron chi connectivity index (χ2n) is 8.28. The van der Waals surface area contributed by atoms with E-state index in [1.54, 1.807) is 0 Å². The average Bonchev–Trinajstić information content (AvgIpc) is 3.04. The van der Waals surface area contributed by atoms with Gasteiger partial charge >= 0.3 is 0 Å². The Hall–Kier alpha value is -2.21. The number of hydrogen-bond acceptors (Lipinski definition) is 4. The first-order chi connectivity index (χ1) is 12.9. The van der Waals surface area contributed by atoms with Gasteiger partial charge in [-0.05, 0) is 57.2 Å². The number of carbonyl (C=O) groups is 1. The summed E-state index contributed by atoms with van der Waals surface area (Å²) in [5.74, 6) is -0.135. The van der Waals surface area contributed by atoms with E-state index in [0.717, 1.165) is 38.0 Å². The van der Waals surface area contributed by atoms with Gasteiger partial charge in [0.1, 0.15) is 0 Å². The highest BCUT2D eigenvalue weighted by atomic mass is 16.2. The van der Waals surface area contributed by atoms with E-state index in [1.165, 1.54) is 5.56 Å². The number of carbonyl (C=O) groups excluding carboxylic acids is 1. The smallest absolute Gasteiger partial charge is 0.273 e. The van der Waals surface area contributed by atoms with Crippen LogP contribution in [0.25, 0.3) is 0 Å². The Morgan fingerprint density at radius 1 is 1.30 bits per heavy atom. The summed E-state index contributed by atoms with van der Waals surface area (Å²) in [5, 5.41) is 14.9. The first-order valence-electron chi connectivity index (χ1n) is 9.87. The lowest BCUT2D eigenvalue weighted by Gasteiger charge is -2.29. The maximum atomic E-state index is 12.8. The fraction of sp³-hybridized carbons (Fsp3) is 0.571. The zero-order valence-electron chi connectivity index (χ0n) is 16.8. The van der Waals surface area contributed by atoms with Gasteiger partial charge in [-0.15, -0.1) is 5.10 Å². The molecule has 0 bridgehead atoms. The van der Waals surface area contributed by atoms with Crippen molar-refractivity contribution in [2.75, 3.05) is 13.1 Å². The van der Waals surface area contributed by atoms with Crippen LogP contribution in [-0.2, 0) is 5.41 Å². The van der Waals surface area contributed by atoms with Gasteiger partial charge in [-0.25, -0.2) is 4.68 Å². The number of hydrogen-bond donors (Lipinski definition) is 2. The Balaban J connectivity index is 1.64. The molecular weight excluding hydrogens is 338 g/mol. The van der Waals surface area contributed by atoms with E-state index in [4.69, 9.17) is 0 Å². The molecule has 1 unspecified atom stereocenters. The lowest BCUT2D eigenvalue weighted by molar-refractivity contribution is 0.0928. The number of amides is 1. The van der Waals surface area contributed by atoms with Gasteiger partial charge < -0.3 is 10.6 Å². The monoisotopic (exact) mass is 369 g/mol. The van der Waals surface area contributed by atoms with Crippen molar-refractivity contribution in [3.05, 3.63) is 47.3 Å². The molecular formula is C21H31N5O. The number of aromatic nitrogens is 3. The summed E-state index contributed by atoms with van der Waals surface area (Å²) in [7, 11) is 0. The van der Waals surface area contributed by atoms with E-state index in [-0.39, 0.29) is 17.4 Å². The molecule has 3 rings (SSSR count). The normalized spacial score (nSPS) is 16.9. The molecule has 1 saturated heterocycles. The molecule has 1 aliphatic rings. The van der Waals surface area contributed by atoms with Crippen molar-refractivity contribution in [1.82, 2.24) is 25.6 Å². The van der Waals surface area contributed by atoms with Crippen LogP contribution in [0.1, 0.15) is 67.8 Å². The number of benzene rings is 1. The quantitative estimate of drug-likeness (QED) is 0.821. The van der Waals surface area contributed by atoms with Gasteiger partial charge in [-0.3, -0.25) is 4.79 Å². The minimum absolute atomic E-state index is 0.0181. The van der Waals surface area contributed by atoms with Gasteiger partial charge in [0, 0.05) is 6.04 Å². The van der Waals surface area contributed by atoms with Crippen LogP contribution in [-0.4, -0.2) is 40.0 Å². The zero-order chi connectivity index (χ0) is 19.4. The number of piperidine rings is 1. The number of rotatable bonds is 6. The molecule has 1 amide bonds. The molecule has 0 saturated carbocycles. The molecule has 0 spiro atoms. The van der Waals surface area contributed by atoms with Crippen LogP contribution in [0.2, 0.25) is 0 Å². The third-order valence-corrected chi connectivity index (χ3v) is 5.55. The average molecular weight is 370 g/mol. The Kier molecular flexibility index (Phi) is 5.95. The highest BCUT2D eigenvalue weighted by Gasteiger charge is 2.27. The standard InChI is InChI=1S/C21H31N5O/c1-15(14-21(3,4)17-8-6-5-7-9-17)23-20(27)19-16(2)26(25-24-19)18-10-12-22-13-11-18/h5-9,15,18,22H,10-14H2,1-4H3,(H,23,27). The molecule has 2 aromatic rings. The molecule has 146 valence electrons. The summed E-state index contributed by atoms with van der Waals surface area (Å²) >= 11 is 0. The summed E-state index contributed by atoms with van der Waals surface area (Å²) < 4.78 is 1.92. The summed E-state index contributed by atoms with van der Waals surface area (Å²) in [6.07, 6.45) is 2.89. The summed E-state index contributed by atoms with van der Waals surface area (Å²) in [5.41, 5.74) is 2.56. The van der Waals surface area contributed by atoms with Crippen molar-refractivity contribution in [3.63, 3.8) is 0 Å². The first-order valence-corrected chi connectivity index (χ1v) is 9.87. The van der Waals surface area contributed by atoms with Crippen LogP contribution in [0.3, 0.4) is 0 Å². The molecule has 6 nitrogen and oxygen atoms in total. The van der Waals surface area contributed by atoms with Gasteiger partial charge in [-0.2, -0.15) is 0 Å². The van der Waals surface area contributed by atoms with Crippen molar-refractivity contribution in [2.24, 2.45) is 0 Å². The molecule has 27 heavy (non-hydrogen) atoms. The molecule has 1 atom stereocenters. The topological polar surface area (TPSA) is 71.8 Å². The van der Waals surface area contributed by atoms with Crippen LogP contribution in [0.15, 0.2) is 30.3 Å². The molecule has 2 heterocycles. The fourth-order valence-electron chi connectivity index (χ4n) is 4.06. The Labute approximate surface area is 161 Å². The van der Waals surface area contributed by atoms with E-state index in [1.807, 2.05) is 17.7 Å². The predicted molar refractivity (Wildman–Crippen MR) is 107 cm³/mol. The lowest BCUT2D eigenvalue weighted by atomic mass is 9.79. The second-order valence-corrected chi connectivity index (χ2v) is 8.28. The third-order valence-electron chi connectivity index (χ3n) is 5.55. The molecule has 2 N–H and O–H groups in total. The summed E-state index contributed by atoms with van der Waals surface area (Å²) in [4.78, 5) is 12.8. The second kappa shape index (κ2) is 8.21. The van der Waals surface area contributed by atoms with E-state index >= 15 is 0 Å². The minimum atomic E-state index is -0.135. The number of nitrogens with one attached hydrogen (secondary N) is 2. The molecule has 6 heteroatoms. The van der Waals surface area contributed by atoms with Crippen molar-refractivity contribution in [1.29, 1.82) is 0 Å². The SMILES string of the molecule is Cc1c(C(=O)NC(C)CC(C)(C)c2ccccc2)nnn1C1CCNCC1. The van der Waals surface area contributed by atoms with Crippen LogP contribution in [0.4, 0.5) is 0 Å². The highest BCUT2D eigenvalue weighted by Crippen LogP contribution is 2.28. The van der Waals surface area contributed by atoms with Crippen molar-refractivity contribution in [2.45, 2.75) is 64.5 Å². The van der Waals surface area contributed by atoms with E-state index < -0.39 is 0 Å². The predicted octanol–water partition coefficient (Wildman–Crippen LogP) is 3.00. The maximum Gasteiger partial charge on any atom is 0.273 e. The molecule has 1 aliphatic heterocycles. The van der Waals surface area contributed by atoms with Gasteiger partial charge in [-0.1, -0.05) is 49.4 Å². The molecule has 1 fully saturated rings. The molecule has 0 radical (unpaired) electrons. The van der Waals surface area contributed by atoms with Crippen LogP contribution in [0.5, 0.6) is 0 Å². The molecule has 1 aromatic carbocycles. The van der Waals surface area contributed by atoms with Crippen LogP contribution >= 0.6 is 0 Å². The minimum Gasteiger partial charge on any atom is -0.348 e. The van der Waals surface area contributed by atoms with E-state index in [9.17, 15) is 4.79 Å². The van der Waals surface area contributed by atoms with E-state index in [2.05, 4.69) is 66.0 Å². The molecule has 1 aromatic heterocycles. The lowest BCUT2D eigenvalue weighted by Crippen LogP contribution is -2.37. The van der Waals surface area contributed by atoms with E-state index in [0.29, 0.717) is 11.7 Å². The van der Waals surface area contributed by atoms with Crippen LogP contribution < -0.4 is 10.6 Å². The van der Waals surface area contributed by atoms with Crippen molar-refractivity contribution in [3.8, 4) is 0 Å². The van der Waals surface area contributed by atoms with Gasteiger partial charge in [0.15, 0.2) is 5.69 Å². The zero-order valence-corrected chi connectivity index (χ0v) is 16.8. The Bertz CT molecular complexity index is 762. The largest absolute Gasteiger partial charge is 0.348 e. The third kappa shape index (κ3) is 4.56. The van der Waals surface area contributed by atoms with Gasteiger partial charge in [0.2, 0.25) is 0 Å². The number of nitrogens with zero attached hydrogens (tertiary/aromatic N) is 3. The van der Waals surface area contributed by atoms with Gasteiger partial charge in [0.05, 0.1) is 11.7 Å².